The van der Waals surface area contributed by atoms with E-state index in [0.717, 1.165) is 21.9 Å². The lowest BCUT2D eigenvalue weighted by atomic mass is 10.1. The number of benzene rings is 2. The zero-order chi connectivity index (χ0) is 25.8. The van der Waals surface area contributed by atoms with Crippen LogP contribution in [-0.4, -0.2) is 46.8 Å². The Bertz CT molecular complexity index is 1260. The van der Waals surface area contributed by atoms with Crippen molar-refractivity contribution in [2.75, 3.05) is 19.8 Å². The van der Waals surface area contributed by atoms with E-state index < -0.39 is 5.91 Å². The molecule has 36 heavy (non-hydrogen) atoms. The number of nitrogens with zero attached hydrogens (tertiary/aromatic N) is 3. The maximum Gasteiger partial charge on any atom is 0.283 e. The van der Waals surface area contributed by atoms with Gasteiger partial charge in [0.25, 0.3) is 5.91 Å². The number of aliphatic imine (C=N–C) groups is 1. The first kappa shape index (κ1) is 25.5. The van der Waals surface area contributed by atoms with E-state index in [0.29, 0.717) is 42.1 Å². The molecule has 4 rings (SSSR count). The number of rotatable bonds is 9. The van der Waals surface area contributed by atoms with Crippen LogP contribution >= 0.6 is 11.8 Å². The number of hydrogen-bond donors (Lipinski definition) is 1. The summed E-state index contributed by atoms with van der Waals surface area (Å²) in [4.78, 5) is 16.8. The van der Waals surface area contributed by atoms with E-state index >= 15 is 0 Å². The molecule has 0 aliphatic carbocycles. The molecule has 0 fully saturated rings. The largest absolute Gasteiger partial charge is 0.490 e. The van der Waals surface area contributed by atoms with Crippen molar-refractivity contribution >= 4 is 39.8 Å². The molecule has 0 aromatic heterocycles. The van der Waals surface area contributed by atoms with Crippen LogP contribution in [0.15, 0.2) is 52.1 Å². The normalized spacial score (nSPS) is 16.3. The van der Waals surface area contributed by atoms with Gasteiger partial charge in [0.2, 0.25) is 5.17 Å². The molecule has 0 spiro atoms. The number of carbonyl (C=O) groups excluding carboxylic acids is 1. The van der Waals surface area contributed by atoms with Crippen LogP contribution in [0.5, 0.6) is 17.2 Å². The minimum absolute atomic E-state index is 0.00923. The third-order valence-corrected chi connectivity index (χ3v) is 6.56. The molecule has 0 radical (unpaired) electrons. The summed E-state index contributed by atoms with van der Waals surface area (Å²) in [6.07, 6.45) is 1.63. The predicted molar refractivity (Wildman–Crippen MR) is 144 cm³/mol. The summed E-state index contributed by atoms with van der Waals surface area (Å²) in [6.45, 7) is 11.2. The summed E-state index contributed by atoms with van der Waals surface area (Å²) >= 11 is 1.33. The molecule has 1 N–H and O–H groups in total. The Labute approximate surface area is 215 Å². The van der Waals surface area contributed by atoms with E-state index in [1.165, 1.54) is 16.8 Å². The zero-order valence-electron chi connectivity index (χ0n) is 21.1. The Hall–Kier alpha value is -3.59. The van der Waals surface area contributed by atoms with Gasteiger partial charge in [-0.1, -0.05) is 26.0 Å². The van der Waals surface area contributed by atoms with Gasteiger partial charge >= 0.3 is 0 Å². The molecule has 0 unspecified atom stereocenters. The summed E-state index contributed by atoms with van der Waals surface area (Å²) in [5.41, 5.74) is 3.17. The first-order valence-electron chi connectivity index (χ1n) is 11.9. The first-order chi connectivity index (χ1) is 17.2. The monoisotopic (exact) mass is 506 g/mol. The fraction of sp³-hybridized carbons (Fsp3) is 0.333. The molecule has 1 amide bonds. The predicted octanol–water partition coefficient (Wildman–Crippen LogP) is 5.44. The Morgan fingerprint density at radius 3 is 2.44 bits per heavy atom. The van der Waals surface area contributed by atoms with Gasteiger partial charge < -0.3 is 14.2 Å². The number of amidine groups is 2. The number of nitrogens with one attached hydrogen (secondary N) is 1. The minimum atomic E-state index is -0.458. The fourth-order valence-electron chi connectivity index (χ4n) is 3.74. The maximum atomic E-state index is 12.7. The molecule has 0 atom stereocenters. The molecule has 9 heteroatoms. The zero-order valence-corrected chi connectivity index (χ0v) is 21.9. The first-order valence-corrected chi connectivity index (χ1v) is 12.7. The van der Waals surface area contributed by atoms with Crippen molar-refractivity contribution in [1.29, 1.82) is 5.41 Å². The summed E-state index contributed by atoms with van der Waals surface area (Å²) < 4.78 is 17.5. The van der Waals surface area contributed by atoms with Gasteiger partial charge in [-0.15, -0.1) is 0 Å². The van der Waals surface area contributed by atoms with Crippen molar-refractivity contribution in [3.8, 4) is 17.2 Å². The van der Waals surface area contributed by atoms with E-state index in [1.807, 2.05) is 52.8 Å². The molecule has 188 valence electrons. The lowest BCUT2D eigenvalue weighted by molar-refractivity contribution is -0.114. The second-order valence-electron chi connectivity index (χ2n) is 8.77. The van der Waals surface area contributed by atoms with Gasteiger partial charge in [0.1, 0.15) is 24.0 Å². The molecule has 2 heterocycles. The van der Waals surface area contributed by atoms with Crippen molar-refractivity contribution in [3.05, 3.63) is 58.7 Å². The molecule has 2 aromatic rings. The Morgan fingerprint density at radius 1 is 1.03 bits per heavy atom. The smallest absolute Gasteiger partial charge is 0.283 e. The lowest BCUT2D eigenvalue weighted by Gasteiger charge is -2.20. The maximum absolute atomic E-state index is 12.7. The van der Waals surface area contributed by atoms with Gasteiger partial charge in [-0.3, -0.25) is 10.2 Å². The molecule has 8 nitrogen and oxygen atoms in total. The minimum Gasteiger partial charge on any atom is -0.490 e. The van der Waals surface area contributed by atoms with Crippen molar-refractivity contribution < 1.29 is 19.0 Å². The number of carbonyl (C=O) groups is 1. The number of hydrogen-bond acceptors (Lipinski definition) is 7. The van der Waals surface area contributed by atoms with Gasteiger partial charge in [0, 0.05) is 5.92 Å². The van der Waals surface area contributed by atoms with E-state index in [4.69, 9.17) is 19.6 Å². The SMILES string of the molecule is CCOc1cc(/C=C2/C(=N)N3N=C(C(C)C)SC3=NC2=O)ccc1OCCOc1cc(C)cc(C)c1. The third-order valence-electron chi connectivity index (χ3n) is 5.35. The van der Waals surface area contributed by atoms with Crippen molar-refractivity contribution in [2.24, 2.45) is 16.0 Å². The van der Waals surface area contributed by atoms with Gasteiger partial charge in [-0.05, 0) is 79.6 Å². The summed E-state index contributed by atoms with van der Waals surface area (Å²) in [5.74, 6) is 1.68. The average Bonchev–Trinajstić information content (AvgIpc) is 3.25. The Morgan fingerprint density at radius 2 is 1.75 bits per heavy atom. The van der Waals surface area contributed by atoms with Gasteiger partial charge in [-0.25, -0.2) is 0 Å². The van der Waals surface area contributed by atoms with Crippen LogP contribution < -0.4 is 14.2 Å². The molecule has 2 aromatic carbocycles. The standard InChI is InChI=1S/C27H30N4O4S/c1-6-33-23-15-19(7-8-22(23)35-10-9-34-20-12-17(4)11-18(5)13-20)14-21-24(28)31-27(29-25(21)32)36-26(30-31)16(2)3/h7-8,11-16,28H,6,9-10H2,1-5H3/b21-14-,28-24?. The number of hydrazone groups is 1. The molecule has 2 aliphatic rings. The highest BCUT2D eigenvalue weighted by atomic mass is 32.2. The van der Waals surface area contributed by atoms with Crippen LogP contribution in [-0.2, 0) is 4.79 Å². The van der Waals surface area contributed by atoms with Crippen LogP contribution in [0.4, 0.5) is 0 Å². The van der Waals surface area contributed by atoms with Crippen LogP contribution in [0.3, 0.4) is 0 Å². The number of fused-ring (bicyclic) bond motifs is 1. The quantitative estimate of drug-likeness (QED) is 0.360. The highest BCUT2D eigenvalue weighted by Gasteiger charge is 2.36. The van der Waals surface area contributed by atoms with Gasteiger partial charge in [-0.2, -0.15) is 15.1 Å². The number of amides is 1. The second kappa shape index (κ2) is 11.0. The van der Waals surface area contributed by atoms with E-state index in [2.05, 4.69) is 16.2 Å². The highest BCUT2D eigenvalue weighted by molar-refractivity contribution is 8.27. The van der Waals surface area contributed by atoms with E-state index in [-0.39, 0.29) is 17.3 Å². The van der Waals surface area contributed by atoms with Gasteiger partial charge in [0.05, 0.1) is 12.2 Å². The molecule has 0 saturated heterocycles. The fourth-order valence-corrected chi connectivity index (χ4v) is 4.63. The summed E-state index contributed by atoms with van der Waals surface area (Å²) in [6, 6.07) is 11.5. The third kappa shape index (κ3) is 5.79. The summed E-state index contributed by atoms with van der Waals surface area (Å²) in [7, 11) is 0. The molecule has 2 aliphatic heterocycles. The van der Waals surface area contributed by atoms with E-state index in [1.54, 1.807) is 18.2 Å². The van der Waals surface area contributed by atoms with Crippen molar-refractivity contribution in [2.45, 2.75) is 34.6 Å². The molecular formula is C27H30N4O4S. The van der Waals surface area contributed by atoms with Crippen molar-refractivity contribution in [1.82, 2.24) is 5.01 Å². The Balaban J connectivity index is 1.47. The highest BCUT2D eigenvalue weighted by Crippen LogP contribution is 2.33. The van der Waals surface area contributed by atoms with Gasteiger partial charge in [0.15, 0.2) is 17.3 Å². The van der Waals surface area contributed by atoms with Crippen LogP contribution in [0, 0.1) is 25.2 Å². The molecular weight excluding hydrogens is 476 g/mol. The lowest BCUT2D eigenvalue weighted by Crippen LogP contribution is -2.35. The second-order valence-corrected chi connectivity index (χ2v) is 9.76. The molecule has 0 saturated carbocycles. The van der Waals surface area contributed by atoms with Crippen LogP contribution in [0.25, 0.3) is 6.08 Å². The number of thioether (sulfide) groups is 1. The van der Waals surface area contributed by atoms with Crippen LogP contribution in [0.1, 0.15) is 37.5 Å². The number of aryl methyl sites for hydroxylation is 2. The van der Waals surface area contributed by atoms with Crippen LogP contribution in [0.2, 0.25) is 0 Å². The number of ether oxygens (including phenoxy) is 3. The van der Waals surface area contributed by atoms with Crippen molar-refractivity contribution in [3.63, 3.8) is 0 Å². The summed E-state index contributed by atoms with van der Waals surface area (Å²) in [5, 5.41) is 15.7. The van der Waals surface area contributed by atoms with E-state index in [9.17, 15) is 4.79 Å². The molecule has 0 bridgehead atoms. The topological polar surface area (TPSA) is 96.6 Å². The average molecular weight is 507 g/mol. The Kier molecular flexibility index (Phi) is 7.79.